The lowest BCUT2D eigenvalue weighted by Crippen LogP contribution is -2.47. The summed E-state index contributed by atoms with van der Waals surface area (Å²) in [5.41, 5.74) is 0. The van der Waals surface area contributed by atoms with Gasteiger partial charge in [0, 0.05) is 12.6 Å². The molecule has 2 fully saturated rings. The van der Waals surface area contributed by atoms with Crippen LogP contribution in [0, 0.1) is 18.3 Å². The van der Waals surface area contributed by atoms with Crippen LogP contribution >= 0.6 is 0 Å². The lowest BCUT2D eigenvalue weighted by molar-refractivity contribution is 0.128. The van der Waals surface area contributed by atoms with E-state index in [0.717, 1.165) is 18.4 Å². The number of piperidine rings is 1. The molecule has 0 saturated carbocycles. The van der Waals surface area contributed by atoms with E-state index in [1.165, 1.54) is 45.3 Å². The smallest absolute Gasteiger partial charge is 0.0709 e. The largest absolute Gasteiger partial charge is 0.314 e. The van der Waals surface area contributed by atoms with Crippen LogP contribution in [0.15, 0.2) is 0 Å². The molecule has 0 spiro atoms. The fourth-order valence-corrected chi connectivity index (χ4v) is 3.25. The number of nitrogens with one attached hydrogen (secondary N) is 1. The van der Waals surface area contributed by atoms with Gasteiger partial charge in [-0.2, -0.15) is 0 Å². The molecule has 2 heterocycles. The van der Waals surface area contributed by atoms with Gasteiger partial charge in [-0.05, 0) is 51.1 Å². The molecular weight excluding hydrogens is 196 g/mol. The monoisotopic (exact) mass is 220 g/mol. The summed E-state index contributed by atoms with van der Waals surface area (Å²) in [5.74, 6) is 3.77. The molecule has 90 valence electrons. The van der Waals surface area contributed by atoms with E-state index >= 15 is 0 Å². The summed E-state index contributed by atoms with van der Waals surface area (Å²) in [4.78, 5) is 2.52. The molecule has 16 heavy (non-hydrogen) atoms. The van der Waals surface area contributed by atoms with Crippen molar-refractivity contribution in [2.45, 2.75) is 51.1 Å². The SMILES string of the molecule is C#CC(CC)N1CCCC(C2CCCN2)C1. The fraction of sp³-hybridized carbons (Fsp3) is 0.857. The maximum Gasteiger partial charge on any atom is 0.0709 e. The Morgan fingerprint density at radius 3 is 2.94 bits per heavy atom. The second-order valence-electron chi connectivity index (χ2n) is 5.19. The van der Waals surface area contributed by atoms with Crippen molar-refractivity contribution >= 4 is 0 Å². The van der Waals surface area contributed by atoms with E-state index in [1.807, 2.05) is 0 Å². The van der Waals surface area contributed by atoms with Crippen molar-refractivity contribution in [1.82, 2.24) is 10.2 Å². The maximum atomic E-state index is 5.61. The highest BCUT2D eigenvalue weighted by molar-refractivity contribution is 5.01. The van der Waals surface area contributed by atoms with E-state index in [2.05, 4.69) is 23.1 Å². The normalized spacial score (nSPS) is 33.5. The molecule has 0 aromatic rings. The molecule has 3 unspecified atom stereocenters. The summed E-state index contributed by atoms with van der Waals surface area (Å²) in [7, 11) is 0. The zero-order valence-corrected chi connectivity index (χ0v) is 10.4. The van der Waals surface area contributed by atoms with Crippen LogP contribution in [0.25, 0.3) is 0 Å². The van der Waals surface area contributed by atoms with Crippen molar-refractivity contribution in [1.29, 1.82) is 0 Å². The molecule has 2 nitrogen and oxygen atoms in total. The van der Waals surface area contributed by atoms with Gasteiger partial charge in [0.25, 0.3) is 0 Å². The van der Waals surface area contributed by atoms with E-state index in [4.69, 9.17) is 6.42 Å². The molecule has 2 rings (SSSR count). The van der Waals surface area contributed by atoms with Gasteiger partial charge >= 0.3 is 0 Å². The topological polar surface area (TPSA) is 15.3 Å². The third kappa shape index (κ3) is 2.59. The van der Waals surface area contributed by atoms with Crippen LogP contribution in [0.2, 0.25) is 0 Å². The maximum absolute atomic E-state index is 5.61. The van der Waals surface area contributed by atoms with Crippen LogP contribution in [0.3, 0.4) is 0 Å². The summed E-state index contributed by atoms with van der Waals surface area (Å²) in [5, 5.41) is 3.64. The minimum absolute atomic E-state index is 0.365. The molecule has 1 N–H and O–H groups in total. The Morgan fingerprint density at radius 1 is 1.44 bits per heavy atom. The third-order valence-electron chi connectivity index (χ3n) is 4.18. The molecule has 0 aromatic heterocycles. The first-order valence-corrected chi connectivity index (χ1v) is 6.78. The Balaban J connectivity index is 1.90. The van der Waals surface area contributed by atoms with Gasteiger partial charge in [-0.1, -0.05) is 12.8 Å². The van der Waals surface area contributed by atoms with Crippen LogP contribution in [0.4, 0.5) is 0 Å². The van der Waals surface area contributed by atoms with Crippen molar-refractivity contribution in [2.24, 2.45) is 5.92 Å². The molecule has 3 atom stereocenters. The quantitative estimate of drug-likeness (QED) is 0.730. The Hall–Kier alpha value is -0.520. The summed E-state index contributed by atoms with van der Waals surface area (Å²) < 4.78 is 0. The van der Waals surface area contributed by atoms with Crippen molar-refractivity contribution < 1.29 is 0 Å². The van der Waals surface area contributed by atoms with Crippen molar-refractivity contribution in [3.63, 3.8) is 0 Å². The summed E-state index contributed by atoms with van der Waals surface area (Å²) in [6.07, 6.45) is 12.1. The minimum atomic E-state index is 0.365. The Kier molecular flexibility index (Phi) is 4.26. The minimum Gasteiger partial charge on any atom is -0.314 e. The standard InChI is InChI=1S/C14H24N2/c1-3-13(4-2)16-10-6-7-12(11-16)14-8-5-9-15-14/h1,12-15H,4-11H2,2H3. The van der Waals surface area contributed by atoms with Gasteiger partial charge in [-0.3, -0.25) is 4.90 Å². The second kappa shape index (κ2) is 5.70. The van der Waals surface area contributed by atoms with Crippen LogP contribution < -0.4 is 5.32 Å². The lowest BCUT2D eigenvalue weighted by Gasteiger charge is -2.38. The van der Waals surface area contributed by atoms with Crippen molar-refractivity contribution in [2.75, 3.05) is 19.6 Å². The Bertz CT molecular complexity index is 250. The van der Waals surface area contributed by atoms with Gasteiger partial charge in [0.1, 0.15) is 0 Å². The molecule has 2 aliphatic rings. The van der Waals surface area contributed by atoms with E-state index in [-0.39, 0.29) is 0 Å². The highest BCUT2D eigenvalue weighted by atomic mass is 15.2. The molecule has 0 aliphatic carbocycles. The predicted octanol–water partition coefficient (Wildman–Crippen LogP) is 1.86. The second-order valence-corrected chi connectivity index (χ2v) is 5.19. The fourth-order valence-electron chi connectivity index (χ4n) is 3.25. The number of hydrogen-bond donors (Lipinski definition) is 1. The first-order valence-electron chi connectivity index (χ1n) is 6.78. The van der Waals surface area contributed by atoms with E-state index in [1.54, 1.807) is 0 Å². The number of nitrogens with zero attached hydrogens (tertiary/aromatic N) is 1. The summed E-state index contributed by atoms with van der Waals surface area (Å²) >= 11 is 0. The number of hydrogen-bond acceptors (Lipinski definition) is 2. The van der Waals surface area contributed by atoms with Crippen LogP contribution in [0.5, 0.6) is 0 Å². The summed E-state index contributed by atoms with van der Waals surface area (Å²) in [6.45, 7) is 5.82. The lowest BCUT2D eigenvalue weighted by atomic mass is 9.89. The molecule has 0 aromatic carbocycles. The number of terminal acetylenes is 1. The van der Waals surface area contributed by atoms with E-state index in [9.17, 15) is 0 Å². The first kappa shape index (κ1) is 12.0. The molecule has 0 bridgehead atoms. The average molecular weight is 220 g/mol. The Morgan fingerprint density at radius 2 is 2.31 bits per heavy atom. The third-order valence-corrected chi connectivity index (χ3v) is 4.18. The van der Waals surface area contributed by atoms with E-state index in [0.29, 0.717) is 6.04 Å². The number of rotatable bonds is 3. The van der Waals surface area contributed by atoms with Crippen LogP contribution in [0.1, 0.15) is 39.0 Å². The molecule has 0 radical (unpaired) electrons. The van der Waals surface area contributed by atoms with Crippen LogP contribution in [-0.2, 0) is 0 Å². The van der Waals surface area contributed by atoms with Gasteiger partial charge < -0.3 is 5.32 Å². The van der Waals surface area contributed by atoms with E-state index < -0.39 is 0 Å². The van der Waals surface area contributed by atoms with Crippen LogP contribution in [-0.4, -0.2) is 36.6 Å². The predicted molar refractivity (Wildman–Crippen MR) is 68.2 cm³/mol. The van der Waals surface area contributed by atoms with Gasteiger partial charge in [0.2, 0.25) is 0 Å². The molecular formula is C14H24N2. The molecule has 2 aliphatic heterocycles. The zero-order chi connectivity index (χ0) is 11.4. The highest BCUT2D eigenvalue weighted by Gasteiger charge is 2.30. The van der Waals surface area contributed by atoms with Gasteiger partial charge in [0.15, 0.2) is 0 Å². The van der Waals surface area contributed by atoms with Crippen molar-refractivity contribution in [3.05, 3.63) is 0 Å². The first-order chi connectivity index (χ1) is 7.85. The molecule has 0 amide bonds. The van der Waals surface area contributed by atoms with Gasteiger partial charge in [-0.25, -0.2) is 0 Å². The van der Waals surface area contributed by atoms with Gasteiger partial charge in [0.05, 0.1) is 6.04 Å². The zero-order valence-electron chi connectivity index (χ0n) is 10.4. The highest BCUT2D eigenvalue weighted by Crippen LogP contribution is 2.26. The average Bonchev–Trinajstić information content (AvgIpc) is 2.85. The molecule has 2 heteroatoms. The Labute approximate surface area is 99.8 Å². The van der Waals surface area contributed by atoms with Gasteiger partial charge in [-0.15, -0.1) is 6.42 Å². The molecule has 2 saturated heterocycles. The number of likely N-dealkylation sites (tertiary alicyclic amines) is 1. The van der Waals surface area contributed by atoms with Crippen molar-refractivity contribution in [3.8, 4) is 12.3 Å². The summed E-state index contributed by atoms with van der Waals surface area (Å²) in [6, 6.07) is 1.13.